The van der Waals surface area contributed by atoms with E-state index in [2.05, 4.69) is 31.9 Å². The zero-order valence-corrected chi connectivity index (χ0v) is 15.1. The summed E-state index contributed by atoms with van der Waals surface area (Å²) in [6.07, 6.45) is 1.31. The van der Waals surface area contributed by atoms with Crippen molar-refractivity contribution < 1.29 is 18.3 Å². The summed E-state index contributed by atoms with van der Waals surface area (Å²) >= 11 is 6.58. The highest BCUT2D eigenvalue weighted by Gasteiger charge is 2.33. The predicted molar refractivity (Wildman–Crippen MR) is 85.6 cm³/mol. The van der Waals surface area contributed by atoms with Gasteiger partial charge in [0.25, 0.3) is 0 Å². The maximum atomic E-state index is 12.6. The fraction of sp³-hybridized carbons (Fsp3) is 0.462. The van der Waals surface area contributed by atoms with Crippen LogP contribution in [0.25, 0.3) is 0 Å². The van der Waals surface area contributed by atoms with Crippen molar-refractivity contribution in [2.75, 3.05) is 13.1 Å². The van der Waals surface area contributed by atoms with Crippen molar-refractivity contribution in [2.24, 2.45) is 5.92 Å². The van der Waals surface area contributed by atoms with Gasteiger partial charge >= 0.3 is 5.97 Å². The number of nitrogens with zero attached hydrogens (tertiary/aromatic N) is 1. The van der Waals surface area contributed by atoms with E-state index in [1.165, 1.54) is 4.31 Å². The summed E-state index contributed by atoms with van der Waals surface area (Å²) < 4.78 is 28.0. The van der Waals surface area contributed by atoms with E-state index in [1.54, 1.807) is 18.2 Å². The van der Waals surface area contributed by atoms with Crippen LogP contribution in [0.1, 0.15) is 19.3 Å². The molecule has 0 aliphatic carbocycles. The number of aliphatic carboxylic acids is 1. The van der Waals surface area contributed by atoms with Gasteiger partial charge < -0.3 is 5.11 Å². The summed E-state index contributed by atoms with van der Waals surface area (Å²) in [7, 11) is -3.54. The largest absolute Gasteiger partial charge is 0.481 e. The quantitative estimate of drug-likeness (QED) is 0.763. The Hall–Kier alpha value is -0.440. The number of sulfonamides is 1. The summed E-state index contributed by atoms with van der Waals surface area (Å²) in [6, 6.07) is 4.95. The Kier molecular flexibility index (Phi) is 5.45. The van der Waals surface area contributed by atoms with Crippen LogP contribution in [0, 0.1) is 5.92 Å². The van der Waals surface area contributed by atoms with E-state index in [1.807, 2.05) is 0 Å². The van der Waals surface area contributed by atoms with Crippen LogP contribution >= 0.6 is 31.9 Å². The molecule has 8 heteroatoms. The monoisotopic (exact) mass is 439 g/mol. The van der Waals surface area contributed by atoms with Crippen molar-refractivity contribution in [2.45, 2.75) is 24.2 Å². The first-order valence-corrected chi connectivity index (χ1v) is 9.50. The number of rotatable bonds is 5. The minimum atomic E-state index is -3.54. The first kappa shape index (κ1) is 16.9. The van der Waals surface area contributed by atoms with Crippen molar-refractivity contribution in [3.05, 3.63) is 27.1 Å². The van der Waals surface area contributed by atoms with Gasteiger partial charge in [-0.15, -0.1) is 0 Å². The zero-order chi connectivity index (χ0) is 15.6. The molecule has 0 aromatic heterocycles. The molecule has 0 spiro atoms. The molecule has 0 radical (unpaired) electrons. The molecule has 1 atom stereocenters. The Balaban J connectivity index is 2.12. The summed E-state index contributed by atoms with van der Waals surface area (Å²) in [6.45, 7) is 0.827. The second-order valence-electron chi connectivity index (χ2n) is 5.02. The minimum absolute atomic E-state index is 0.0839. The molecule has 1 saturated heterocycles. The van der Waals surface area contributed by atoms with Gasteiger partial charge in [0, 0.05) is 28.5 Å². The van der Waals surface area contributed by atoms with E-state index >= 15 is 0 Å². The average Bonchev–Trinajstić information content (AvgIpc) is 2.85. The van der Waals surface area contributed by atoms with E-state index in [-0.39, 0.29) is 17.2 Å². The molecule has 1 N–H and O–H groups in total. The van der Waals surface area contributed by atoms with Gasteiger partial charge in [-0.3, -0.25) is 4.79 Å². The van der Waals surface area contributed by atoms with Gasteiger partial charge in [-0.1, -0.05) is 15.9 Å². The van der Waals surface area contributed by atoms with Crippen LogP contribution in [0.15, 0.2) is 32.0 Å². The Morgan fingerprint density at radius 1 is 1.38 bits per heavy atom. The highest BCUT2D eigenvalue weighted by atomic mass is 79.9. The lowest BCUT2D eigenvalue weighted by molar-refractivity contribution is -0.137. The van der Waals surface area contributed by atoms with E-state index < -0.39 is 16.0 Å². The van der Waals surface area contributed by atoms with Gasteiger partial charge in [-0.05, 0) is 52.9 Å². The molecule has 5 nitrogen and oxygen atoms in total. The Labute approximate surface area is 140 Å². The van der Waals surface area contributed by atoms with Crippen LogP contribution in [0.3, 0.4) is 0 Å². The Bertz CT molecular complexity index is 648. The van der Waals surface area contributed by atoms with Gasteiger partial charge in [0.05, 0.1) is 4.90 Å². The van der Waals surface area contributed by atoms with E-state index in [0.717, 1.165) is 4.47 Å². The molecule has 0 bridgehead atoms. The SMILES string of the molecule is O=C(O)CCC1CCN(S(=O)(=O)c2ccc(Br)cc2Br)C1. The summed E-state index contributed by atoms with van der Waals surface area (Å²) in [4.78, 5) is 10.8. The van der Waals surface area contributed by atoms with Crippen LogP contribution < -0.4 is 0 Å². The van der Waals surface area contributed by atoms with Crippen molar-refractivity contribution in [3.8, 4) is 0 Å². The number of hydrogen-bond donors (Lipinski definition) is 1. The average molecular weight is 441 g/mol. The fourth-order valence-electron chi connectivity index (χ4n) is 2.40. The van der Waals surface area contributed by atoms with Crippen LogP contribution in [-0.2, 0) is 14.8 Å². The molecular formula is C13H15Br2NO4S. The molecule has 1 fully saturated rings. The van der Waals surface area contributed by atoms with Crippen LogP contribution in [0.2, 0.25) is 0 Å². The molecule has 0 amide bonds. The van der Waals surface area contributed by atoms with Gasteiger partial charge in [0.15, 0.2) is 0 Å². The third kappa shape index (κ3) is 4.06. The first-order chi connectivity index (χ1) is 9.80. The highest BCUT2D eigenvalue weighted by Crippen LogP contribution is 2.31. The summed E-state index contributed by atoms with van der Waals surface area (Å²) in [5, 5.41) is 8.70. The maximum absolute atomic E-state index is 12.6. The lowest BCUT2D eigenvalue weighted by Gasteiger charge is -2.17. The van der Waals surface area contributed by atoms with Crippen molar-refractivity contribution in [1.82, 2.24) is 4.31 Å². The number of carboxylic acids is 1. The van der Waals surface area contributed by atoms with Gasteiger partial charge in [0.1, 0.15) is 0 Å². The number of benzene rings is 1. The lowest BCUT2D eigenvalue weighted by atomic mass is 10.0. The normalized spacial score (nSPS) is 19.8. The number of halogens is 2. The number of hydrogen-bond acceptors (Lipinski definition) is 3. The fourth-order valence-corrected chi connectivity index (χ4v) is 5.64. The standard InChI is InChI=1S/C13H15Br2NO4S/c14-10-2-3-12(11(15)7-10)21(19,20)16-6-5-9(8-16)1-4-13(17)18/h2-3,7,9H,1,4-6,8H2,(H,17,18). The maximum Gasteiger partial charge on any atom is 0.303 e. The smallest absolute Gasteiger partial charge is 0.303 e. The van der Waals surface area contributed by atoms with E-state index in [9.17, 15) is 13.2 Å². The Morgan fingerprint density at radius 3 is 2.71 bits per heavy atom. The molecule has 21 heavy (non-hydrogen) atoms. The molecule has 116 valence electrons. The summed E-state index contributed by atoms with van der Waals surface area (Å²) in [5.74, 6) is -0.725. The van der Waals surface area contributed by atoms with Gasteiger partial charge in [-0.25, -0.2) is 8.42 Å². The number of carbonyl (C=O) groups is 1. The molecule has 1 unspecified atom stereocenters. The molecule has 1 aliphatic rings. The third-order valence-corrected chi connectivity index (χ3v) is 6.86. The molecule has 1 aromatic rings. The van der Waals surface area contributed by atoms with Crippen LogP contribution in [-0.4, -0.2) is 36.9 Å². The number of carboxylic acid groups (broad SMARTS) is 1. The van der Waals surface area contributed by atoms with Crippen molar-refractivity contribution in [3.63, 3.8) is 0 Å². The van der Waals surface area contributed by atoms with Crippen LogP contribution in [0.4, 0.5) is 0 Å². The Morgan fingerprint density at radius 2 is 2.10 bits per heavy atom. The van der Waals surface area contributed by atoms with Gasteiger partial charge in [0.2, 0.25) is 10.0 Å². The highest BCUT2D eigenvalue weighted by molar-refractivity contribution is 9.11. The first-order valence-electron chi connectivity index (χ1n) is 6.47. The van der Waals surface area contributed by atoms with E-state index in [4.69, 9.17) is 5.11 Å². The molecule has 1 aromatic carbocycles. The third-order valence-electron chi connectivity index (χ3n) is 3.53. The molecular weight excluding hydrogens is 426 g/mol. The predicted octanol–water partition coefficient (Wildman–Crippen LogP) is 3.09. The van der Waals surface area contributed by atoms with E-state index in [0.29, 0.717) is 30.4 Å². The molecule has 1 heterocycles. The topological polar surface area (TPSA) is 74.7 Å². The summed E-state index contributed by atoms with van der Waals surface area (Å²) in [5.41, 5.74) is 0. The van der Waals surface area contributed by atoms with Crippen molar-refractivity contribution in [1.29, 1.82) is 0 Å². The lowest BCUT2D eigenvalue weighted by Crippen LogP contribution is -2.29. The van der Waals surface area contributed by atoms with Crippen LogP contribution in [0.5, 0.6) is 0 Å². The minimum Gasteiger partial charge on any atom is -0.481 e. The second-order valence-corrected chi connectivity index (χ2v) is 8.70. The second kappa shape index (κ2) is 6.76. The molecule has 0 saturated carbocycles. The van der Waals surface area contributed by atoms with Crippen molar-refractivity contribution >= 4 is 47.9 Å². The van der Waals surface area contributed by atoms with Gasteiger partial charge in [-0.2, -0.15) is 4.31 Å². The molecule has 2 rings (SSSR count). The molecule has 1 aliphatic heterocycles. The zero-order valence-electron chi connectivity index (χ0n) is 11.1.